The normalized spacial score (nSPS) is 10.9. The minimum atomic E-state index is -0.530. The second-order valence-electron chi connectivity index (χ2n) is 3.41. The third-order valence-corrected chi connectivity index (χ3v) is 2.17. The summed E-state index contributed by atoms with van der Waals surface area (Å²) in [6.07, 6.45) is 4.27. The molecule has 1 aromatic heterocycles. The lowest BCUT2D eigenvalue weighted by molar-refractivity contribution is -0.385. The molecule has 0 aliphatic carbocycles. The summed E-state index contributed by atoms with van der Waals surface area (Å²) in [6.45, 7) is 3.57. The first kappa shape index (κ1) is 13.7. The fourth-order valence-corrected chi connectivity index (χ4v) is 1.40. The molecule has 0 spiro atoms. The summed E-state index contributed by atoms with van der Waals surface area (Å²) in [6, 6.07) is 1.35. The number of allylic oxidation sites excluding steroid dienone is 2. The zero-order chi connectivity index (χ0) is 13.7. The molecule has 1 rings (SSSR count). The molecule has 0 aliphatic heterocycles. The number of hydrogen-bond acceptors (Lipinski definition) is 6. The van der Waals surface area contributed by atoms with Gasteiger partial charge in [-0.2, -0.15) is 0 Å². The summed E-state index contributed by atoms with van der Waals surface area (Å²) < 4.78 is 5.07. The van der Waals surface area contributed by atoms with Crippen LogP contribution in [0.3, 0.4) is 0 Å². The van der Waals surface area contributed by atoms with Gasteiger partial charge in [-0.25, -0.2) is 10.8 Å². The fraction of sp³-hybridized carbons (Fsp3) is 0.182. The van der Waals surface area contributed by atoms with Crippen molar-refractivity contribution < 1.29 is 9.66 Å². The highest BCUT2D eigenvalue weighted by Gasteiger charge is 2.17. The lowest BCUT2D eigenvalue weighted by atomic mass is 10.1. The summed E-state index contributed by atoms with van der Waals surface area (Å²) in [5.41, 5.74) is 0.803. The van der Waals surface area contributed by atoms with Gasteiger partial charge in [-0.05, 0) is 6.08 Å². The molecule has 0 atom stereocenters. The van der Waals surface area contributed by atoms with Crippen LogP contribution in [0.4, 0.5) is 5.69 Å². The van der Waals surface area contributed by atoms with E-state index in [4.69, 9.17) is 10.6 Å². The van der Waals surface area contributed by atoms with Gasteiger partial charge in [0.15, 0.2) is 0 Å². The monoisotopic (exact) mass is 250 g/mol. The molecule has 0 saturated carbocycles. The maximum absolute atomic E-state index is 10.7. The lowest BCUT2D eigenvalue weighted by Crippen LogP contribution is -2.24. The van der Waals surface area contributed by atoms with Crippen molar-refractivity contribution in [2.45, 2.75) is 0 Å². The lowest BCUT2D eigenvalue weighted by Gasteiger charge is -2.17. The maximum Gasteiger partial charge on any atom is 0.288 e. The highest BCUT2D eigenvalue weighted by Crippen LogP contribution is 2.28. The van der Waals surface area contributed by atoms with E-state index in [1.807, 2.05) is 0 Å². The van der Waals surface area contributed by atoms with Crippen molar-refractivity contribution >= 4 is 11.4 Å². The number of ether oxygens (including phenoxy) is 1. The molecule has 0 aromatic carbocycles. The van der Waals surface area contributed by atoms with Crippen LogP contribution < -0.4 is 10.6 Å². The van der Waals surface area contributed by atoms with Crippen LogP contribution in [0.1, 0.15) is 5.56 Å². The third-order valence-electron chi connectivity index (χ3n) is 2.17. The quantitative estimate of drug-likeness (QED) is 0.366. The Morgan fingerprint density at radius 3 is 2.83 bits per heavy atom. The van der Waals surface area contributed by atoms with Crippen molar-refractivity contribution in [3.63, 3.8) is 0 Å². The van der Waals surface area contributed by atoms with Crippen LogP contribution in [0, 0.1) is 10.1 Å². The Bertz CT molecular complexity index is 497. The number of rotatable bonds is 5. The molecule has 0 fully saturated rings. The van der Waals surface area contributed by atoms with Crippen LogP contribution in [0.25, 0.3) is 5.70 Å². The standard InChI is InChI=1S/C11H14N4O3/c1-4-5-10(14(2)12)9-6-8(15(16)17)7-13-11(9)18-3/h4-7H,1,12H2,2-3H3/b10-5-. The molecule has 18 heavy (non-hydrogen) atoms. The van der Waals surface area contributed by atoms with Crippen molar-refractivity contribution in [1.82, 2.24) is 9.99 Å². The first-order chi connectivity index (χ1) is 8.51. The SMILES string of the molecule is C=C/C=C(/c1cc([N+](=O)[O-])cnc1OC)N(C)N. The number of hydrazine groups is 1. The smallest absolute Gasteiger partial charge is 0.288 e. The molecule has 7 nitrogen and oxygen atoms in total. The highest BCUT2D eigenvalue weighted by molar-refractivity contribution is 5.70. The van der Waals surface area contributed by atoms with Crippen molar-refractivity contribution in [3.05, 3.63) is 46.7 Å². The van der Waals surface area contributed by atoms with E-state index in [1.165, 1.54) is 24.3 Å². The number of methoxy groups -OCH3 is 1. The van der Waals surface area contributed by atoms with Crippen molar-refractivity contribution in [1.29, 1.82) is 0 Å². The minimum Gasteiger partial charge on any atom is -0.481 e. The predicted molar refractivity (Wildman–Crippen MR) is 67.6 cm³/mol. The van der Waals surface area contributed by atoms with Crippen LogP contribution in [0.5, 0.6) is 5.88 Å². The van der Waals surface area contributed by atoms with E-state index in [0.717, 1.165) is 6.20 Å². The van der Waals surface area contributed by atoms with Gasteiger partial charge >= 0.3 is 0 Å². The first-order valence-corrected chi connectivity index (χ1v) is 5.01. The second-order valence-corrected chi connectivity index (χ2v) is 3.41. The van der Waals surface area contributed by atoms with Crippen LogP contribution in [-0.4, -0.2) is 29.1 Å². The molecule has 0 saturated heterocycles. The Hall–Kier alpha value is -2.41. The van der Waals surface area contributed by atoms with Gasteiger partial charge in [0, 0.05) is 13.1 Å². The topological polar surface area (TPSA) is 94.5 Å². The largest absolute Gasteiger partial charge is 0.481 e. The van der Waals surface area contributed by atoms with Crippen molar-refractivity contribution in [2.75, 3.05) is 14.2 Å². The zero-order valence-electron chi connectivity index (χ0n) is 10.2. The molecule has 1 heterocycles. The van der Waals surface area contributed by atoms with Gasteiger partial charge in [0.25, 0.3) is 5.69 Å². The number of nitro groups is 1. The predicted octanol–water partition coefficient (Wildman–Crippen LogP) is 1.33. The van der Waals surface area contributed by atoms with Crippen LogP contribution in [0.2, 0.25) is 0 Å². The molecule has 2 N–H and O–H groups in total. The molecule has 0 bridgehead atoms. The van der Waals surface area contributed by atoms with E-state index in [9.17, 15) is 10.1 Å². The van der Waals surface area contributed by atoms with Crippen molar-refractivity contribution in [3.8, 4) is 5.88 Å². The molecule has 0 radical (unpaired) electrons. The van der Waals surface area contributed by atoms with Crippen LogP contribution in [-0.2, 0) is 0 Å². The van der Waals surface area contributed by atoms with E-state index in [-0.39, 0.29) is 11.6 Å². The van der Waals surface area contributed by atoms with Crippen molar-refractivity contribution in [2.24, 2.45) is 5.84 Å². The number of nitrogens with zero attached hydrogens (tertiary/aromatic N) is 3. The summed E-state index contributed by atoms with van der Waals surface area (Å²) in [5.74, 6) is 5.92. The van der Waals surface area contributed by atoms with Gasteiger partial charge in [0.1, 0.15) is 6.20 Å². The minimum absolute atomic E-state index is 0.136. The number of pyridine rings is 1. The summed E-state index contributed by atoms with van der Waals surface area (Å²) in [7, 11) is 3.04. The summed E-state index contributed by atoms with van der Waals surface area (Å²) >= 11 is 0. The van der Waals surface area contributed by atoms with Gasteiger partial charge < -0.3 is 9.75 Å². The van der Waals surface area contributed by atoms with E-state index >= 15 is 0 Å². The van der Waals surface area contributed by atoms with E-state index < -0.39 is 4.92 Å². The zero-order valence-corrected chi connectivity index (χ0v) is 10.2. The van der Waals surface area contributed by atoms with E-state index in [0.29, 0.717) is 11.3 Å². The highest BCUT2D eigenvalue weighted by atomic mass is 16.6. The Morgan fingerprint density at radius 2 is 2.39 bits per heavy atom. The van der Waals surface area contributed by atoms with E-state index in [2.05, 4.69) is 11.6 Å². The molecule has 0 unspecified atom stereocenters. The average molecular weight is 250 g/mol. The van der Waals surface area contributed by atoms with Crippen LogP contribution >= 0.6 is 0 Å². The first-order valence-electron chi connectivity index (χ1n) is 5.01. The van der Waals surface area contributed by atoms with Gasteiger partial charge in [-0.1, -0.05) is 12.7 Å². The summed E-state index contributed by atoms with van der Waals surface area (Å²) in [5, 5.41) is 12.1. The Balaban J connectivity index is 3.43. The number of aromatic nitrogens is 1. The van der Waals surface area contributed by atoms with Gasteiger partial charge in [0.2, 0.25) is 5.88 Å². The molecule has 96 valence electrons. The maximum atomic E-state index is 10.7. The second kappa shape index (κ2) is 5.78. The number of nitrogens with two attached hydrogens (primary N) is 1. The Kier molecular flexibility index (Phi) is 4.39. The number of hydrogen-bond donors (Lipinski definition) is 1. The summed E-state index contributed by atoms with van der Waals surface area (Å²) in [4.78, 5) is 14.1. The van der Waals surface area contributed by atoms with E-state index in [1.54, 1.807) is 13.1 Å². The van der Waals surface area contributed by atoms with Crippen LogP contribution in [0.15, 0.2) is 31.0 Å². The molecular formula is C11H14N4O3. The molecule has 0 aliphatic rings. The molecule has 7 heteroatoms. The molecular weight excluding hydrogens is 236 g/mol. The average Bonchev–Trinajstić information content (AvgIpc) is 2.34. The Labute approximate surface area is 104 Å². The molecule has 1 aromatic rings. The van der Waals surface area contributed by atoms with Gasteiger partial charge in [-0.15, -0.1) is 0 Å². The third kappa shape index (κ3) is 2.83. The fourth-order valence-electron chi connectivity index (χ4n) is 1.40. The van der Waals surface area contributed by atoms with Gasteiger partial charge in [0.05, 0.1) is 23.3 Å². The molecule has 0 amide bonds. The Morgan fingerprint density at radius 1 is 1.72 bits per heavy atom. The van der Waals surface area contributed by atoms with Gasteiger partial charge in [-0.3, -0.25) is 10.1 Å².